The molecule has 2 aliphatic rings. The molecule has 1 aromatic carbocycles. The predicted molar refractivity (Wildman–Crippen MR) is 87.8 cm³/mol. The Morgan fingerprint density at radius 2 is 1.77 bits per heavy atom. The molecule has 1 aliphatic heterocycles. The van der Waals surface area contributed by atoms with E-state index in [0.29, 0.717) is 11.8 Å². The number of piperazine rings is 1. The Morgan fingerprint density at radius 1 is 1.05 bits per heavy atom. The van der Waals surface area contributed by atoms with E-state index in [1.54, 1.807) is 12.1 Å². The number of nitrogens with zero attached hydrogens (tertiary/aromatic N) is 2. The van der Waals surface area contributed by atoms with Crippen molar-refractivity contribution in [3.63, 3.8) is 0 Å². The van der Waals surface area contributed by atoms with Crippen molar-refractivity contribution in [2.75, 3.05) is 26.2 Å². The molecular formula is C18H28N2O2. The third kappa shape index (κ3) is 3.80. The highest BCUT2D eigenvalue weighted by Gasteiger charge is 2.32. The molecule has 4 nitrogen and oxygen atoms in total. The van der Waals surface area contributed by atoms with Gasteiger partial charge in [-0.25, -0.2) is 0 Å². The van der Waals surface area contributed by atoms with Gasteiger partial charge in [-0.2, -0.15) is 0 Å². The average molecular weight is 304 g/mol. The summed E-state index contributed by atoms with van der Waals surface area (Å²) in [7, 11) is 0. The molecule has 0 radical (unpaired) electrons. The van der Waals surface area contributed by atoms with Crippen molar-refractivity contribution in [2.24, 2.45) is 0 Å². The fraction of sp³-hybridized carbons (Fsp3) is 0.667. The molecule has 2 fully saturated rings. The molecule has 3 rings (SSSR count). The van der Waals surface area contributed by atoms with Crippen molar-refractivity contribution in [2.45, 2.75) is 50.7 Å². The first-order chi connectivity index (χ1) is 10.8. The van der Waals surface area contributed by atoms with E-state index in [-0.39, 0.29) is 6.61 Å². The van der Waals surface area contributed by atoms with Crippen LogP contribution in [0, 0.1) is 0 Å². The first-order valence-electron chi connectivity index (χ1n) is 8.63. The molecule has 122 valence electrons. The standard InChI is InChI=1S/C18H28N2O2/c21-12-9-17-14-19(13-15-5-7-18(22)8-6-15)10-11-20(17)16-3-1-2-4-16/h5-8,16-17,21-22H,1-4,9-14H2/t17-/m1/s1. The van der Waals surface area contributed by atoms with E-state index in [2.05, 4.69) is 9.80 Å². The molecule has 0 amide bonds. The van der Waals surface area contributed by atoms with Crippen molar-refractivity contribution in [3.8, 4) is 5.75 Å². The van der Waals surface area contributed by atoms with Crippen LogP contribution in [0.5, 0.6) is 5.75 Å². The van der Waals surface area contributed by atoms with E-state index in [0.717, 1.165) is 38.6 Å². The van der Waals surface area contributed by atoms with E-state index in [1.807, 2.05) is 12.1 Å². The molecule has 0 bridgehead atoms. The molecule has 1 aromatic rings. The normalized spacial score (nSPS) is 24.9. The van der Waals surface area contributed by atoms with Gasteiger partial charge in [-0.1, -0.05) is 25.0 Å². The van der Waals surface area contributed by atoms with Gasteiger partial charge in [-0.05, 0) is 37.0 Å². The van der Waals surface area contributed by atoms with E-state index in [9.17, 15) is 10.2 Å². The van der Waals surface area contributed by atoms with Gasteiger partial charge in [0, 0.05) is 44.9 Å². The highest BCUT2D eigenvalue weighted by molar-refractivity contribution is 5.25. The lowest BCUT2D eigenvalue weighted by molar-refractivity contribution is 0.0267. The smallest absolute Gasteiger partial charge is 0.115 e. The zero-order chi connectivity index (χ0) is 15.4. The van der Waals surface area contributed by atoms with Gasteiger partial charge in [-0.15, -0.1) is 0 Å². The Balaban J connectivity index is 1.60. The number of aliphatic hydroxyl groups is 1. The van der Waals surface area contributed by atoms with Crippen LogP contribution in [0.4, 0.5) is 0 Å². The molecule has 4 heteroatoms. The van der Waals surface area contributed by atoms with Crippen molar-refractivity contribution >= 4 is 0 Å². The second-order valence-corrected chi connectivity index (χ2v) is 6.74. The Labute approximate surface area is 133 Å². The number of phenols is 1. The fourth-order valence-corrected chi connectivity index (χ4v) is 4.06. The Kier molecular flexibility index (Phi) is 5.34. The maximum atomic E-state index is 9.41. The van der Waals surface area contributed by atoms with E-state index in [4.69, 9.17) is 0 Å². The number of phenolic OH excluding ortho intramolecular Hbond substituents is 1. The van der Waals surface area contributed by atoms with Crippen LogP contribution in [0.15, 0.2) is 24.3 Å². The summed E-state index contributed by atoms with van der Waals surface area (Å²) in [5.74, 6) is 0.327. The lowest BCUT2D eigenvalue weighted by Crippen LogP contribution is -2.55. The van der Waals surface area contributed by atoms with Crippen LogP contribution in [-0.2, 0) is 6.54 Å². The second-order valence-electron chi connectivity index (χ2n) is 6.74. The number of aliphatic hydroxyl groups excluding tert-OH is 1. The van der Waals surface area contributed by atoms with Gasteiger partial charge in [0.2, 0.25) is 0 Å². The summed E-state index contributed by atoms with van der Waals surface area (Å²) in [6.07, 6.45) is 6.27. The first-order valence-corrected chi connectivity index (χ1v) is 8.63. The van der Waals surface area contributed by atoms with Crippen molar-refractivity contribution in [1.82, 2.24) is 9.80 Å². The zero-order valence-electron chi connectivity index (χ0n) is 13.3. The molecule has 1 aliphatic carbocycles. The van der Waals surface area contributed by atoms with E-state index in [1.165, 1.54) is 31.2 Å². The van der Waals surface area contributed by atoms with Crippen molar-refractivity contribution in [3.05, 3.63) is 29.8 Å². The molecule has 1 atom stereocenters. The lowest BCUT2D eigenvalue weighted by atomic mass is 10.0. The van der Waals surface area contributed by atoms with Gasteiger partial charge in [0.25, 0.3) is 0 Å². The van der Waals surface area contributed by atoms with Gasteiger partial charge in [0.15, 0.2) is 0 Å². The van der Waals surface area contributed by atoms with Gasteiger partial charge in [-0.3, -0.25) is 9.80 Å². The minimum atomic E-state index is 0.279. The highest BCUT2D eigenvalue weighted by atomic mass is 16.3. The lowest BCUT2D eigenvalue weighted by Gasteiger charge is -2.44. The largest absolute Gasteiger partial charge is 0.508 e. The maximum absolute atomic E-state index is 9.41. The Bertz CT molecular complexity index is 457. The number of rotatable bonds is 5. The number of hydrogen-bond donors (Lipinski definition) is 2. The fourth-order valence-electron chi connectivity index (χ4n) is 4.06. The molecule has 2 N–H and O–H groups in total. The maximum Gasteiger partial charge on any atom is 0.115 e. The predicted octanol–water partition coefficient (Wildman–Crippen LogP) is 2.20. The second kappa shape index (κ2) is 7.44. The van der Waals surface area contributed by atoms with Crippen LogP contribution < -0.4 is 0 Å². The Hall–Kier alpha value is -1.10. The number of hydrogen-bond acceptors (Lipinski definition) is 4. The summed E-state index contributed by atoms with van der Waals surface area (Å²) in [6, 6.07) is 8.75. The molecule has 1 saturated heterocycles. The van der Waals surface area contributed by atoms with Crippen LogP contribution in [0.1, 0.15) is 37.7 Å². The van der Waals surface area contributed by atoms with E-state index < -0.39 is 0 Å². The SMILES string of the molecule is OCC[C@@H]1CN(Cc2ccc(O)cc2)CCN1C1CCCC1. The quantitative estimate of drug-likeness (QED) is 0.875. The molecule has 1 heterocycles. The Morgan fingerprint density at radius 3 is 2.45 bits per heavy atom. The third-order valence-electron chi connectivity index (χ3n) is 5.21. The van der Waals surface area contributed by atoms with Gasteiger partial charge < -0.3 is 10.2 Å². The molecule has 22 heavy (non-hydrogen) atoms. The summed E-state index contributed by atoms with van der Waals surface area (Å²) < 4.78 is 0. The molecule has 0 unspecified atom stereocenters. The summed E-state index contributed by atoms with van der Waals surface area (Å²) in [4.78, 5) is 5.15. The van der Waals surface area contributed by atoms with Crippen LogP contribution in [0.25, 0.3) is 0 Å². The first kappa shape index (κ1) is 15.8. The molecular weight excluding hydrogens is 276 g/mol. The summed E-state index contributed by atoms with van der Waals surface area (Å²) in [5.41, 5.74) is 1.25. The minimum Gasteiger partial charge on any atom is -0.508 e. The third-order valence-corrected chi connectivity index (χ3v) is 5.21. The zero-order valence-corrected chi connectivity index (χ0v) is 13.3. The average Bonchev–Trinajstić information content (AvgIpc) is 3.04. The summed E-state index contributed by atoms with van der Waals surface area (Å²) in [6.45, 7) is 4.46. The molecule has 0 aromatic heterocycles. The summed E-state index contributed by atoms with van der Waals surface area (Å²) in [5, 5.41) is 18.8. The number of aromatic hydroxyl groups is 1. The monoisotopic (exact) mass is 304 g/mol. The highest BCUT2D eigenvalue weighted by Crippen LogP contribution is 2.28. The van der Waals surface area contributed by atoms with Crippen molar-refractivity contribution < 1.29 is 10.2 Å². The van der Waals surface area contributed by atoms with Gasteiger partial charge in [0.1, 0.15) is 5.75 Å². The van der Waals surface area contributed by atoms with Gasteiger partial charge >= 0.3 is 0 Å². The molecule has 0 spiro atoms. The van der Waals surface area contributed by atoms with Crippen LogP contribution >= 0.6 is 0 Å². The topological polar surface area (TPSA) is 46.9 Å². The molecule has 1 saturated carbocycles. The van der Waals surface area contributed by atoms with Crippen molar-refractivity contribution in [1.29, 1.82) is 0 Å². The van der Waals surface area contributed by atoms with Crippen LogP contribution in [0.2, 0.25) is 0 Å². The van der Waals surface area contributed by atoms with Crippen LogP contribution in [0.3, 0.4) is 0 Å². The van der Waals surface area contributed by atoms with Gasteiger partial charge in [0.05, 0.1) is 0 Å². The number of benzene rings is 1. The van der Waals surface area contributed by atoms with E-state index >= 15 is 0 Å². The summed E-state index contributed by atoms with van der Waals surface area (Å²) >= 11 is 0. The minimum absolute atomic E-state index is 0.279. The van der Waals surface area contributed by atoms with Crippen LogP contribution in [-0.4, -0.2) is 58.3 Å².